The molecular weight excluding hydrogens is 286 g/mol. The molecule has 6 nitrogen and oxygen atoms in total. The van der Waals surface area contributed by atoms with Gasteiger partial charge < -0.3 is 19.6 Å². The van der Waals surface area contributed by atoms with E-state index in [9.17, 15) is 9.59 Å². The van der Waals surface area contributed by atoms with E-state index in [1.165, 1.54) is 13.2 Å². The Hall–Kier alpha value is -2.47. The number of amides is 1. The van der Waals surface area contributed by atoms with E-state index in [0.29, 0.717) is 16.5 Å². The summed E-state index contributed by atoms with van der Waals surface area (Å²) in [5.74, 6) is -1.47. The van der Waals surface area contributed by atoms with Crippen LogP contribution in [0.2, 0.25) is 5.02 Å². The van der Waals surface area contributed by atoms with Crippen molar-refractivity contribution < 1.29 is 23.8 Å². The first kappa shape index (κ1) is 14.0. The summed E-state index contributed by atoms with van der Waals surface area (Å²) in [6, 6.07) is 5.86. The number of methoxy groups -OCH3 is 1. The van der Waals surface area contributed by atoms with Crippen molar-refractivity contribution >= 4 is 29.2 Å². The van der Waals surface area contributed by atoms with Gasteiger partial charge in [0.25, 0.3) is 5.91 Å². The van der Waals surface area contributed by atoms with Gasteiger partial charge in [0.1, 0.15) is 12.0 Å². The van der Waals surface area contributed by atoms with E-state index in [2.05, 4.69) is 5.32 Å². The summed E-state index contributed by atoms with van der Waals surface area (Å²) in [6.07, 6.45) is 0.993. The first-order valence-corrected chi connectivity index (χ1v) is 5.86. The van der Waals surface area contributed by atoms with Crippen LogP contribution in [0.3, 0.4) is 0 Å². The molecule has 20 heavy (non-hydrogen) atoms. The number of rotatable bonds is 4. The Morgan fingerprint density at radius 3 is 2.70 bits per heavy atom. The Morgan fingerprint density at radius 1 is 1.35 bits per heavy atom. The van der Waals surface area contributed by atoms with Crippen molar-refractivity contribution in [1.29, 1.82) is 0 Å². The summed E-state index contributed by atoms with van der Waals surface area (Å²) < 4.78 is 9.98. The van der Waals surface area contributed by atoms with Gasteiger partial charge in [-0.1, -0.05) is 11.6 Å². The number of hydrogen-bond acceptors (Lipinski definition) is 4. The van der Waals surface area contributed by atoms with Crippen LogP contribution in [0.1, 0.15) is 20.9 Å². The summed E-state index contributed by atoms with van der Waals surface area (Å²) in [5, 5.41) is 11.7. The Morgan fingerprint density at radius 2 is 2.10 bits per heavy atom. The molecule has 0 atom stereocenters. The van der Waals surface area contributed by atoms with E-state index >= 15 is 0 Å². The number of carbonyl (C=O) groups excluding carboxylic acids is 1. The Bertz CT molecular complexity index is 665. The number of carboxylic acids is 1. The van der Waals surface area contributed by atoms with Gasteiger partial charge in [0, 0.05) is 11.1 Å². The molecule has 0 aliphatic heterocycles. The van der Waals surface area contributed by atoms with Gasteiger partial charge in [0.05, 0.1) is 18.4 Å². The smallest absolute Gasteiger partial charge is 0.338 e. The molecule has 0 aliphatic rings. The zero-order valence-electron chi connectivity index (χ0n) is 10.3. The third-order valence-electron chi connectivity index (χ3n) is 2.48. The molecule has 0 spiro atoms. The number of carboxylic acid groups (broad SMARTS) is 1. The van der Waals surface area contributed by atoms with Gasteiger partial charge in [-0.05, 0) is 18.2 Å². The van der Waals surface area contributed by atoms with Crippen LogP contribution < -0.4 is 10.1 Å². The number of hydrogen-bond donors (Lipinski definition) is 2. The molecule has 2 N–H and O–H groups in total. The van der Waals surface area contributed by atoms with E-state index in [1.807, 2.05) is 0 Å². The van der Waals surface area contributed by atoms with Crippen molar-refractivity contribution in [1.82, 2.24) is 0 Å². The largest absolute Gasteiger partial charge is 0.495 e. The number of halogens is 1. The highest BCUT2D eigenvalue weighted by molar-refractivity contribution is 6.31. The zero-order valence-corrected chi connectivity index (χ0v) is 11.1. The molecule has 7 heteroatoms. The van der Waals surface area contributed by atoms with E-state index in [0.717, 1.165) is 12.3 Å². The molecule has 0 saturated carbocycles. The highest BCUT2D eigenvalue weighted by Crippen LogP contribution is 2.28. The molecule has 0 bridgehead atoms. The van der Waals surface area contributed by atoms with Crippen LogP contribution in [0.5, 0.6) is 5.75 Å². The van der Waals surface area contributed by atoms with Crippen LogP contribution in [0.25, 0.3) is 0 Å². The second kappa shape index (κ2) is 5.66. The summed E-state index contributed by atoms with van der Waals surface area (Å²) in [4.78, 5) is 22.6. The van der Waals surface area contributed by atoms with Gasteiger partial charge in [0.15, 0.2) is 5.76 Å². The van der Waals surface area contributed by atoms with Gasteiger partial charge in [-0.2, -0.15) is 0 Å². The molecule has 2 aromatic rings. The lowest BCUT2D eigenvalue weighted by atomic mass is 10.2. The number of benzene rings is 1. The standard InChI is InChI=1S/C13H10ClNO5/c1-19-10-3-2-8(14)5-9(10)15-12(16)11-4-7(6-20-11)13(17)18/h2-6H,1H3,(H,15,16)(H,17,18). The summed E-state index contributed by atoms with van der Waals surface area (Å²) in [5.41, 5.74) is 0.256. The fraction of sp³-hybridized carbons (Fsp3) is 0.0769. The van der Waals surface area contributed by atoms with Crippen molar-refractivity contribution in [2.45, 2.75) is 0 Å². The SMILES string of the molecule is COc1ccc(Cl)cc1NC(=O)c1cc(C(=O)O)co1. The van der Waals surface area contributed by atoms with Gasteiger partial charge in [-0.15, -0.1) is 0 Å². The molecular formula is C13H10ClNO5. The number of carbonyl (C=O) groups is 2. The number of anilines is 1. The van der Waals surface area contributed by atoms with Crippen LogP contribution in [0.15, 0.2) is 34.9 Å². The molecule has 0 aliphatic carbocycles. The normalized spacial score (nSPS) is 10.1. The van der Waals surface area contributed by atoms with Gasteiger partial charge in [-0.25, -0.2) is 4.79 Å². The number of furan rings is 1. The van der Waals surface area contributed by atoms with Crippen LogP contribution in [-0.2, 0) is 0 Å². The van der Waals surface area contributed by atoms with Crippen molar-refractivity contribution in [3.8, 4) is 5.75 Å². The molecule has 1 amide bonds. The molecule has 0 unspecified atom stereocenters. The molecule has 104 valence electrons. The van der Waals surface area contributed by atoms with Gasteiger partial charge in [-0.3, -0.25) is 4.79 Å². The van der Waals surface area contributed by atoms with Crippen molar-refractivity contribution in [2.75, 3.05) is 12.4 Å². The van der Waals surface area contributed by atoms with Crippen molar-refractivity contribution in [3.05, 3.63) is 46.9 Å². The average molecular weight is 296 g/mol. The first-order valence-electron chi connectivity index (χ1n) is 5.48. The van der Waals surface area contributed by atoms with Gasteiger partial charge >= 0.3 is 5.97 Å². The monoisotopic (exact) mass is 295 g/mol. The highest BCUT2D eigenvalue weighted by atomic mass is 35.5. The molecule has 1 aromatic heterocycles. The number of nitrogens with one attached hydrogen (secondary N) is 1. The van der Waals surface area contributed by atoms with Gasteiger partial charge in [0.2, 0.25) is 0 Å². The fourth-order valence-electron chi connectivity index (χ4n) is 1.53. The molecule has 0 saturated heterocycles. The second-order valence-electron chi connectivity index (χ2n) is 3.80. The molecule has 1 aromatic carbocycles. The van der Waals surface area contributed by atoms with Crippen LogP contribution in [0.4, 0.5) is 5.69 Å². The maximum Gasteiger partial charge on any atom is 0.338 e. The lowest BCUT2D eigenvalue weighted by molar-refractivity contribution is 0.0696. The lowest BCUT2D eigenvalue weighted by Crippen LogP contribution is -2.11. The third-order valence-corrected chi connectivity index (χ3v) is 2.72. The van der Waals surface area contributed by atoms with Crippen molar-refractivity contribution in [3.63, 3.8) is 0 Å². The zero-order chi connectivity index (χ0) is 14.7. The highest BCUT2D eigenvalue weighted by Gasteiger charge is 2.16. The predicted molar refractivity (Wildman–Crippen MR) is 71.6 cm³/mol. The van der Waals surface area contributed by atoms with E-state index in [1.54, 1.807) is 12.1 Å². The minimum atomic E-state index is -1.17. The predicted octanol–water partition coefficient (Wildman–Crippen LogP) is 2.89. The van der Waals surface area contributed by atoms with E-state index in [4.69, 9.17) is 25.9 Å². The third kappa shape index (κ3) is 2.92. The summed E-state index contributed by atoms with van der Waals surface area (Å²) in [7, 11) is 1.45. The fourth-order valence-corrected chi connectivity index (χ4v) is 1.70. The Kier molecular flexibility index (Phi) is 3.95. The summed E-state index contributed by atoms with van der Waals surface area (Å²) in [6.45, 7) is 0. The first-order chi connectivity index (χ1) is 9.51. The average Bonchev–Trinajstić information content (AvgIpc) is 2.89. The maximum atomic E-state index is 11.9. The van der Waals surface area contributed by atoms with E-state index < -0.39 is 11.9 Å². The Balaban J connectivity index is 2.22. The van der Waals surface area contributed by atoms with Crippen LogP contribution >= 0.6 is 11.6 Å². The minimum Gasteiger partial charge on any atom is -0.495 e. The number of aromatic carboxylic acids is 1. The number of ether oxygens (including phenoxy) is 1. The minimum absolute atomic E-state index is 0.104. The van der Waals surface area contributed by atoms with Crippen LogP contribution in [0, 0.1) is 0 Å². The topological polar surface area (TPSA) is 88.8 Å². The molecule has 1 heterocycles. The Labute approximate surface area is 118 Å². The lowest BCUT2D eigenvalue weighted by Gasteiger charge is -2.09. The maximum absolute atomic E-state index is 11.9. The molecule has 0 fully saturated rings. The van der Waals surface area contributed by atoms with Crippen molar-refractivity contribution in [2.24, 2.45) is 0 Å². The summed E-state index contributed by atoms with van der Waals surface area (Å²) >= 11 is 5.84. The second-order valence-corrected chi connectivity index (χ2v) is 4.24. The van der Waals surface area contributed by atoms with Crippen LogP contribution in [-0.4, -0.2) is 24.1 Å². The molecule has 0 radical (unpaired) electrons. The quantitative estimate of drug-likeness (QED) is 0.905. The molecule has 2 rings (SSSR count). The van der Waals surface area contributed by atoms with E-state index in [-0.39, 0.29) is 11.3 Å².